The van der Waals surface area contributed by atoms with Gasteiger partial charge in [0.25, 0.3) is 0 Å². The fourth-order valence-electron chi connectivity index (χ4n) is 2.76. The van der Waals surface area contributed by atoms with Gasteiger partial charge in [0.2, 0.25) is 5.91 Å². The normalized spacial score (nSPS) is 18.6. The molecule has 0 radical (unpaired) electrons. The van der Waals surface area contributed by atoms with Crippen LogP contribution in [0, 0.1) is 0 Å². The maximum atomic E-state index is 12.2. The van der Waals surface area contributed by atoms with E-state index in [1.165, 1.54) is 6.42 Å². The smallest absolute Gasteiger partial charge is 0.238 e. The van der Waals surface area contributed by atoms with Gasteiger partial charge in [-0.1, -0.05) is 35.7 Å². The highest BCUT2D eigenvalue weighted by Gasteiger charge is 2.23. The van der Waals surface area contributed by atoms with E-state index in [2.05, 4.69) is 10.2 Å². The van der Waals surface area contributed by atoms with Gasteiger partial charge in [-0.15, -0.1) is 12.4 Å². The van der Waals surface area contributed by atoms with Gasteiger partial charge < -0.3 is 11.1 Å². The van der Waals surface area contributed by atoms with Crippen molar-refractivity contribution >= 4 is 47.2 Å². The minimum atomic E-state index is -0.0666. The second kappa shape index (κ2) is 9.58. The van der Waals surface area contributed by atoms with Gasteiger partial charge in [0.05, 0.1) is 22.3 Å². The van der Waals surface area contributed by atoms with Crippen LogP contribution in [-0.4, -0.2) is 36.5 Å². The number of hydrogen-bond acceptors (Lipinski definition) is 3. The van der Waals surface area contributed by atoms with Crippen molar-refractivity contribution in [3.8, 4) is 0 Å². The Morgan fingerprint density at radius 2 is 2.14 bits per heavy atom. The van der Waals surface area contributed by atoms with Crippen molar-refractivity contribution in [3.63, 3.8) is 0 Å². The molecule has 1 fully saturated rings. The second-order valence-electron chi connectivity index (χ2n) is 5.35. The molecule has 0 aliphatic carbocycles. The number of anilines is 1. The van der Waals surface area contributed by atoms with Crippen molar-refractivity contribution in [2.75, 3.05) is 25.0 Å². The van der Waals surface area contributed by atoms with Crippen LogP contribution in [0.25, 0.3) is 0 Å². The number of benzene rings is 1. The van der Waals surface area contributed by atoms with Gasteiger partial charge >= 0.3 is 0 Å². The summed E-state index contributed by atoms with van der Waals surface area (Å²) < 4.78 is 0. The number of piperidine rings is 1. The highest BCUT2D eigenvalue weighted by Crippen LogP contribution is 2.29. The predicted molar refractivity (Wildman–Crippen MR) is 95.2 cm³/mol. The Hall–Kier alpha value is -0.520. The molecular weight excluding hydrogens is 345 g/mol. The molecule has 3 N–H and O–H groups in total. The monoisotopic (exact) mass is 365 g/mol. The number of nitrogens with zero attached hydrogens (tertiary/aromatic N) is 1. The molecule has 0 bridgehead atoms. The third-order valence-electron chi connectivity index (χ3n) is 3.82. The summed E-state index contributed by atoms with van der Waals surface area (Å²) in [4.78, 5) is 14.4. The number of halogens is 3. The molecule has 1 aliphatic rings. The maximum Gasteiger partial charge on any atom is 0.238 e. The zero-order valence-corrected chi connectivity index (χ0v) is 14.7. The first-order valence-electron chi connectivity index (χ1n) is 7.30. The molecule has 4 nitrogen and oxygen atoms in total. The molecule has 1 aromatic rings. The van der Waals surface area contributed by atoms with Crippen LogP contribution >= 0.6 is 35.6 Å². The third kappa shape index (κ3) is 5.28. The summed E-state index contributed by atoms with van der Waals surface area (Å²) in [5, 5.41) is 3.65. The van der Waals surface area contributed by atoms with Crippen LogP contribution < -0.4 is 11.1 Å². The Kier molecular flexibility index (Phi) is 8.50. The summed E-state index contributed by atoms with van der Waals surface area (Å²) in [7, 11) is 0. The number of likely N-dealkylation sites (tertiary alicyclic amines) is 1. The largest absolute Gasteiger partial charge is 0.330 e. The molecule has 1 atom stereocenters. The number of hydrogen-bond donors (Lipinski definition) is 2. The Balaban J connectivity index is 0.00000242. The summed E-state index contributed by atoms with van der Waals surface area (Å²) in [5.41, 5.74) is 6.21. The van der Waals surface area contributed by atoms with Crippen molar-refractivity contribution in [2.24, 2.45) is 5.73 Å². The molecule has 1 unspecified atom stereocenters. The lowest BCUT2D eigenvalue weighted by molar-refractivity contribution is -0.118. The van der Waals surface area contributed by atoms with Gasteiger partial charge in [-0.25, -0.2) is 0 Å². The zero-order chi connectivity index (χ0) is 15.2. The maximum absolute atomic E-state index is 12.2. The first kappa shape index (κ1) is 19.5. The van der Waals surface area contributed by atoms with Gasteiger partial charge in [-0.2, -0.15) is 0 Å². The van der Waals surface area contributed by atoms with Crippen LogP contribution in [-0.2, 0) is 4.79 Å². The van der Waals surface area contributed by atoms with Crippen LogP contribution in [0.5, 0.6) is 0 Å². The van der Waals surface area contributed by atoms with E-state index < -0.39 is 0 Å². The van der Waals surface area contributed by atoms with Gasteiger partial charge in [-0.3, -0.25) is 9.69 Å². The lowest BCUT2D eigenvalue weighted by atomic mass is 9.99. The molecule has 0 spiro atoms. The van der Waals surface area contributed by atoms with Gasteiger partial charge in [-0.05, 0) is 44.5 Å². The van der Waals surface area contributed by atoms with Gasteiger partial charge in [0.1, 0.15) is 0 Å². The van der Waals surface area contributed by atoms with Crippen molar-refractivity contribution in [1.82, 2.24) is 4.90 Å². The Morgan fingerprint density at radius 1 is 1.36 bits per heavy atom. The van der Waals surface area contributed by atoms with Gasteiger partial charge in [0, 0.05) is 6.04 Å². The van der Waals surface area contributed by atoms with Crippen LogP contribution in [0.2, 0.25) is 10.0 Å². The number of amides is 1. The molecule has 0 saturated carbocycles. The quantitative estimate of drug-likeness (QED) is 0.837. The van der Waals surface area contributed by atoms with Crippen molar-refractivity contribution in [2.45, 2.75) is 31.7 Å². The fourth-order valence-corrected chi connectivity index (χ4v) is 3.11. The molecule has 2 rings (SSSR count). The van der Waals surface area contributed by atoms with E-state index in [1.807, 2.05) is 0 Å². The summed E-state index contributed by atoms with van der Waals surface area (Å²) >= 11 is 12.0. The molecular formula is C15H22Cl3N3O. The minimum Gasteiger partial charge on any atom is -0.330 e. The average molecular weight is 367 g/mol. The molecule has 1 aromatic carbocycles. The third-order valence-corrected chi connectivity index (χ3v) is 4.64. The summed E-state index contributed by atoms with van der Waals surface area (Å²) in [6, 6.07) is 5.62. The van der Waals surface area contributed by atoms with Crippen LogP contribution in [0.3, 0.4) is 0 Å². The van der Waals surface area contributed by atoms with Crippen molar-refractivity contribution in [3.05, 3.63) is 28.2 Å². The topological polar surface area (TPSA) is 58.4 Å². The van der Waals surface area contributed by atoms with E-state index in [1.54, 1.807) is 18.2 Å². The highest BCUT2D eigenvalue weighted by molar-refractivity contribution is 6.43. The van der Waals surface area contributed by atoms with E-state index in [0.29, 0.717) is 34.9 Å². The summed E-state index contributed by atoms with van der Waals surface area (Å²) in [6.45, 7) is 1.97. The Labute approximate surface area is 147 Å². The number of rotatable bonds is 5. The Bertz CT molecular complexity index is 497. The van der Waals surface area contributed by atoms with Crippen molar-refractivity contribution in [1.29, 1.82) is 0 Å². The molecule has 124 valence electrons. The van der Waals surface area contributed by atoms with E-state index >= 15 is 0 Å². The first-order valence-corrected chi connectivity index (χ1v) is 8.05. The molecule has 1 saturated heterocycles. The number of carbonyl (C=O) groups is 1. The molecule has 7 heteroatoms. The molecule has 0 aromatic heterocycles. The SMILES string of the molecule is Cl.NCCC1CCCCN1CC(=O)Nc1cccc(Cl)c1Cl. The minimum absolute atomic E-state index is 0. The average Bonchev–Trinajstić information content (AvgIpc) is 2.46. The van der Waals surface area contributed by atoms with Crippen molar-refractivity contribution < 1.29 is 4.79 Å². The highest BCUT2D eigenvalue weighted by atomic mass is 35.5. The van der Waals surface area contributed by atoms with E-state index in [9.17, 15) is 4.79 Å². The van der Waals surface area contributed by atoms with Crippen LogP contribution in [0.15, 0.2) is 18.2 Å². The molecule has 1 heterocycles. The second-order valence-corrected chi connectivity index (χ2v) is 6.13. The number of carbonyl (C=O) groups excluding carboxylic acids is 1. The van der Waals surface area contributed by atoms with E-state index in [0.717, 1.165) is 25.8 Å². The molecule has 1 aliphatic heterocycles. The molecule has 1 amide bonds. The summed E-state index contributed by atoms with van der Waals surface area (Å²) in [6.07, 6.45) is 4.39. The lowest BCUT2D eigenvalue weighted by Crippen LogP contribution is -2.44. The molecule has 22 heavy (non-hydrogen) atoms. The predicted octanol–water partition coefficient (Wildman–Crippen LogP) is 3.56. The van der Waals surface area contributed by atoms with Crippen LogP contribution in [0.1, 0.15) is 25.7 Å². The van der Waals surface area contributed by atoms with E-state index in [4.69, 9.17) is 28.9 Å². The Morgan fingerprint density at radius 3 is 2.86 bits per heavy atom. The van der Waals surface area contributed by atoms with Crippen LogP contribution in [0.4, 0.5) is 5.69 Å². The fraction of sp³-hybridized carbons (Fsp3) is 0.533. The summed E-state index contributed by atoms with van der Waals surface area (Å²) in [5.74, 6) is -0.0666. The van der Waals surface area contributed by atoms with Gasteiger partial charge in [0.15, 0.2) is 0 Å². The standard InChI is InChI=1S/C15H21Cl2N3O.ClH/c16-12-5-3-6-13(15(12)17)19-14(21)10-20-9-2-1-4-11(20)7-8-18;/h3,5-6,11H,1-2,4,7-10,18H2,(H,19,21);1H. The van der Waals surface area contributed by atoms with E-state index in [-0.39, 0.29) is 18.3 Å². The number of nitrogens with one attached hydrogen (secondary N) is 1. The first-order chi connectivity index (χ1) is 10.1. The zero-order valence-electron chi connectivity index (χ0n) is 12.4. The number of nitrogens with two attached hydrogens (primary N) is 1. The lowest BCUT2D eigenvalue weighted by Gasteiger charge is -2.35.